The van der Waals surface area contributed by atoms with Crippen molar-refractivity contribution in [2.24, 2.45) is 0 Å². The fourth-order valence-corrected chi connectivity index (χ4v) is 1.08. The Balaban J connectivity index is 0. The van der Waals surface area contributed by atoms with Gasteiger partial charge in [0.2, 0.25) is 0 Å². The molecule has 22 heavy (non-hydrogen) atoms. The maximum absolute atomic E-state index is 10.1. The maximum atomic E-state index is 10.1. The van der Waals surface area contributed by atoms with E-state index in [0.717, 1.165) is 23.3 Å². The SMILES string of the molecule is C=CC(=O)O.C=CC(=O)OCC.C=Cc1ccccc1C=C. The Morgan fingerprint density at radius 2 is 1.45 bits per heavy atom. The lowest BCUT2D eigenvalue weighted by Crippen LogP contribution is -1.97. The van der Waals surface area contributed by atoms with Crippen molar-refractivity contribution in [3.63, 3.8) is 0 Å². The Kier molecular flexibility index (Phi) is 14.1. The van der Waals surface area contributed by atoms with Gasteiger partial charge in [-0.25, -0.2) is 9.59 Å². The van der Waals surface area contributed by atoms with Crippen LogP contribution in [0.1, 0.15) is 18.1 Å². The quantitative estimate of drug-likeness (QED) is 0.660. The van der Waals surface area contributed by atoms with Crippen molar-refractivity contribution in [3.8, 4) is 0 Å². The molecule has 1 aromatic rings. The highest BCUT2D eigenvalue weighted by molar-refractivity contribution is 5.81. The highest BCUT2D eigenvalue weighted by Gasteiger charge is 1.89. The normalized spacial score (nSPS) is 7.86. The van der Waals surface area contributed by atoms with Crippen molar-refractivity contribution in [2.75, 3.05) is 6.61 Å². The first-order chi connectivity index (χ1) is 10.5. The molecule has 1 rings (SSSR count). The van der Waals surface area contributed by atoms with E-state index in [1.54, 1.807) is 6.92 Å². The molecule has 0 unspecified atom stereocenters. The zero-order valence-corrected chi connectivity index (χ0v) is 12.8. The minimum Gasteiger partial charge on any atom is -0.478 e. The van der Waals surface area contributed by atoms with Crippen LogP contribution >= 0.6 is 0 Å². The maximum Gasteiger partial charge on any atom is 0.330 e. The molecule has 0 radical (unpaired) electrons. The lowest BCUT2D eigenvalue weighted by Gasteiger charge is -1.96. The molecule has 118 valence electrons. The summed E-state index contributed by atoms with van der Waals surface area (Å²) >= 11 is 0. The summed E-state index contributed by atoms with van der Waals surface area (Å²) in [4.78, 5) is 19.3. The van der Waals surface area contributed by atoms with Crippen LogP contribution in [0.3, 0.4) is 0 Å². The fraction of sp³-hybridized carbons (Fsp3) is 0.111. The molecule has 0 spiro atoms. The third-order valence-electron chi connectivity index (χ3n) is 2.06. The number of carbonyl (C=O) groups is 2. The second-order valence-corrected chi connectivity index (χ2v) is 3.54. The number of benzene rings is 1. The van der Waals surface area contributed by atoms with Crippen LogP contribution in [0.4, 0.5) is 0 Å². The molecule has 1 aromatic carbocycles. The molecule has 0 amide bonds. The van der Waals surface area contributed by atoms with E-state index < -0.39 is 5.97 Å². The molecule has 0 heterocycles. The number of carboxylic acid groups (broad SMARTS) is 1. The average Bonchev–Trinajstić information content (AvgIpc) is 2.55. The molecule has 0 fully saturated rings. The third kappa shape index (κ3) is 12.2. The van der Waals surface area contributed by atoms with Crippen molar-refractivity contribution in [2.45, 2.75) is 6.92 Å². The topological polar surface area (TPSA) is 63.6 Å². The Morgan fingerprint density at radius 1 is 1.05 bits per heavy atom. The predicted molar refractivity (Wildman–Crippen MR) is 91.3 cm³/mol. The Morgan fingerprint density at radius 3 is 1.64 bits per heavy atom. The van der Waals surface area contributed by atoms with Crippen LogP contribution in [-0.2, 0) is 14.3 Å². The number of carboxylic acids is 1. The summed E-state index contributed by atoms with van der Waals surface area (Å²) in [5.74, 6) is -1.34. The van der Waals surface area contributed by atoms with Crippen molar-refractivity contribution in [1.29, 1.82) is 0 Å². The average molecular weight is 302 g/mol. The molecule has 0 aliphatic carbocycles. The minimum absolute atomic E-state index is 0.359. The summed E-state index contributed by atoms with van der Waals surface area (Å²) in [5, 5.41) is 7.60. The van der Waals surface area contributed by atoms with E-state index in [0.29, 0.717) is 6.61 Å². The van der Waals surface area contributed by atoms with E-state index in [4.69, 9.17) is 5.11 Å². The first-order valence-corrected chi connectivity index (χ1v) is 6.45. The number of hydrogen-bond acceptors (Lipinski definition) is 3. The van der Waals surface area contributed by atoms with Gasteiger partial charge in [-0.15, -0.1) is 0 Å². The first kappa shape index (κ1) is 21.4. The van der Waals surface area contributed by atoms with E-state index in [2.05, 4.69) is 31.1 Å². The summed E-state index contributed by atoms with van der Waals surface area (Å²) in [5.41, 5.74) is 2.27. The van der Waals surface area contributed by atoms with E-state index in [-0.39, 0.29) is 5.97 Å². The van der Waals surface area contributed by atoms with Crippen molar-refractivity contribution in [1.82, 2.24) is 0 Å². The van der Waals surface area contributed by atoms with Gasteiger partial charge in [0.05, 0.1) is 6.61 Å². The van der Waals surface area contributed by atoms with E-state index in [1.807, 2.05) is 36.4 Å². The Labute approximate surface area is 131 Å². The van der Waals surface area contributed by atoms with Gasteiger partial charge >= 0.3 is 11.9 Å². The zero-order chi connectivity index (χ0) is 17.4. The second kappa shape index (κ2) is 14.5. The van der Waals surface area contributed by atoms with Gasteiger partial charge in [-0.3, -0.25) is 0 Å². The van der Waals surface area contributed by atoms with Crippen molar-refractivity contribution < 1.29 is 19.4 Å². The Bertz CT molecular complexity index is 489. The molecule has 0 saturated carbocycles. The number of rotatable bonds is 5. The van der Waals surface area contributed by atoms with Gasteiger partial charge in [-0.1, -0.05) is 62.7 Å². The molecule has 0 saturated heterocycles. The highest BCUT2D eigenvalue weighted by Crippen LogP contribution is 2.10. The molecule has 0 aromatic heterocycles. The van der Waals surface area contributed by atoms with Crippen LogP contribution in [-0.4, -0.2) is 23.7 Å². The lowest BCUT2D eigenvalue weighted by atomic mass is 10.1. The third-order valence-corrected chi connectivity index (χ3v) is 2.06. The Hall–Kier alpha value is -2.88. The number of esters is 1. The summed E-state index contributed by atoms with van der Waals surface area (Å²) in [7, 11) is 0. The summed E-state index contributed by atoms with van der Waals surface area (Å²) in [6.07, 6.45) is 5.64. The van der Waals surface area contributed by atoms with Gasteiger partial charge in [-0.2, -0.15) is 0 Å². The smallest absolute Gasteiger partial charge is 0.330 e. The predicted octanol–water partition coefficient (Wildman–Crippen LogP) is 3.97. The molecule has 4 nitrogen and oxygen atoms in total. The molecule has 0 bridgehead atoms. The number of hydrogen-bond donors (Lipinski definition) is 1. The molecular formula is C18H22O4. The second-order valence-electron chi connectivity index (χ2n) is 3.54. The highest BCUT2D eigenvalue weighted by atomic mass is 16.5. The first-order valence-electron chi connectivity index (χ1n) is 6.45. The van der Waals surface area contributed by atoms with Crippen LogP contribution in [0, 0.1) is 0 Å². The fourth-order valence-electron chi connectivity index (χ4n) is 1.08. The molecule has 0 atom stereocenters. The van der Waals surface area contributed by atoms with Gasteiger partial charge in [0, 0.05) is 12.2 Å². The molecular weight excluding hydrogens is 280 g/mol. The molecule has 0 aliphatic heterocycles. The summed E-state index contributed by atoms with van der Waals surface area (Å²) in [6.45, 7) is 15.7. The summed E-state index contributed by atoms with van der Waals surface area (Å²) < 4.78 is 4.43. The standard InChI is InChI=1S/C10H10.C5H8O2.C3H4O2/c1-3-9-7-5-6-8-10(9)4-2;1-3-5(6)7-4-2;1-2-3(4)5/h3-8H,1-2H2;3H,1,4H2,2H3;2H,1H2,(H,4,5). The lowest BCUT2D eigenvalue weighted by molar-refractivity contribution is -0.137. The van der Waals surface area contributed by atoms with Crippen molar-refractivity contribution >= 4 is 24.1 Å². The zero-order valence-electron chi connectivity index (χ0n) is 12.8. The van der Waals surface area contributed by atoms with Gasteiger partial charge < -0.3 is 9.84 Å². The summed E-state index contributed by atoms with van der Waals surface area (Å²) in [6, 6.07) is 8.02. The molecule has 4 heteroatoms. The van der Waals surface area contributed by atoms with Crippen LogP contribution < -0.4 is 0 Å². The van der Waals surface area contributed by atoms with Crippen LogP contribution in [0.5, 0.6) is 0 Å². The number of ether oxygens (including phenoxy) is 1. The number of aliphatic carboxylic acids is 1. The van der Waals surface area contributed by atoms with Crippen LogP contribution in [0.15, 0.2) is 62.7 Å². The van der Waals surface area contributed by atoms with E-state index >= 15 is 0 Å². The van der Waals surface area contributed by atoms with Gasteiger partial charge in [0.15, 0.2) is 0 Å². The largest absolute Gasteiger partial charge is 0.478 e. The van der Waals surface area contributed by atoms with Crippen LogP contribution in [0.2, 0.25) is 0 Å². The monoisotopic (exact) mass is 302 g/mol. The van der Waals surface area contributed by atoms with E-state index in [9.17, 15) is 9.59 Å². The van der Waals surface area contributed by atoms with Gasteiger partial charge in [-0.05, 0) is 18.1 Å². The van der Waals surface area contributed by atoms with Crippen molar-refractivity contribution in [3.05, 3.63) is 73.9 Å². The molecule has 1 N–H and O–H groups in total. The number of carbonyl (C=O) groups excluding carboxylic acids is 1. The minimum atomic E-state index is -0.981. The van der Waals surface area contributed by atoms with E-state index in [1.165, 1.54) is 0 Å². The molecule has 0 aliphatic rings. The van der Waals surface area contributed by atoms with Gasteiger partial charge in [0.1, 0.15) is 0 Å². The van der Waals surface area contributed by atoms with Crippen LogP contribution in [0.25, 0.3) is 12.2 Å². The van der Waals surface area contributed by atoms with Gasteiger partial charge in [0.25, 0.3) is 0 Å².